The molecule has 0 fully saturated rings. The van der Waals surface area contributed by atoms with E-state index in [1.54, 1.807) is 0 Å². The summed E-state index contributed by atoms with van der Waals surface area (Å²) in [4.78, 5) is 4.61. The molecule has 0 aliphatic rings. The molecule has 0 saturated heterocycles. The van der Waals surface area contributed by atoms with Crippen molar-refractivity contribution in [1.82, 2.24) is 15.1 Å². The molecule has 0 saturated carbocycles. The van der Waals surface area contributed by atoms with Crippen LogP contribution < -0.4 is 5.32 Å². The second-order valence-electron chi connectivity index (χ2n) is 5.04. The summed E-state index contributed by atoms with van der Waals surface area (Å²) < 4.78 is 0. The molecule has 15 heavy (non-hydrogen) atoms. The van der Waals surface area contributed by atoms with Gasteiger partial charge in [-0.3, -0.25) is 0 Å². The van der Waals surface area contributed by atoms with Crippen LogP contribution in [0.1, 0.15) is 20.3 Å². The molecule has 92 valence electrons. The van der Waals surface area contributed by atoms with Gasteiger partial charge in [0, 0.05) is 26.2 Å². The summed E-state index contributed by atoms with van der Waals surface area (Å²) in [5.41, 5.74) is 0. The Morgan fingerprint density at radius 3 is 2.07 bits per heavy atom. The molecule has 0 aromatic rings. The Bertz CT molecular complexity index is 135. The molecule has 1 N–H and O–H groups in total. The lowest BCUT2D eigenvalue weighted by Crippen LogP contribution is -2.33. The van der Waals surface area contributed by atoms with Crippen LogP contribution in [0.2, 0.25) is 0 Å². The molecule has 0 aromatic heterocycles. The van der Waals surface area contributed by atoms with Crippen LogP contribution in [0.15, 0.2) is 0 Å². The lowest BCUT2D eigenvalue weighted by molar-refractivity contribution is 0.305. The van der Waals surface area contributed by atoms with E-state index in [1.807, 2.05) is 0 Å². The summed E-state index contributed by atoms with van der Waals surface area (Å²) in [5, 5.41) is 3.45. The van der Waals surface area contributed by atoms with Crippen LogP contribution in [0.5, 0.6) is 0 Å². The van der Waals surface area contributed by atoms with Gasteiger partial charge in [0.05, 0.1) is 0 Å². The third-order valence-corrected chi connectivity index (χ3v) is 2.49. The van der Waals surface area contributed by atoms with Gasteiger partial charge in [0.1, 0.15) is 0 Å². The maximum absolute atomic E-state index is 3.45. The highest BCUT2D eigenvalue weighted by Gasteiger charge is 1.99. The van der Waals surface area contributed by atoms with Crippen molar-refractivity contribution < 1.29 is 0 Å². The van der Waals surface area contributed by atoms with Crippen molar-refractivity contribution in [2.24, 2.45) is 5.92 Å². The normalized spacial score (nSPS) is 12.0. The molecule has 3 heteroatoms. The molecule has 0 bridgehead atoms. The van der Waals surface area contributed by atoms with Crippen molar-refractivity contribution in [3.63, 3.8) is 0 Å². The van der Waals surface area contributed by atoms with Gasteiger partial charge < -0.3 is 15.1 Å². The Hall–Kier alpha value is -0.120. The molecule has 0 rings (SSSR count). The van der Waals surface area contributed by atoms with Crippen LogP contribution in [0, 0.1) is 5.92 Å². The number of likely N-dealkylation sites (N-methyl/N-ethyl adjacent to an activating group) is 2. The molecular weight excluding hydrogens is 186 g/mol. The van der Waals surface area contributed by atoms with Crippen LogP contribution in [-0.4, -0.2) is 63.7 Å². The molecule has 0 amide bonds. The fourth-order valence-corrected chi connectivity index (χ4v) is 1.29. The molecule has 0 aliphatic heterocycles. The Morgan fingerprint density at radius 2 is 1.53 bits per heavy atom. The Kier molecular flexibility index (Phi) is 9.06. The average molecular weight is 215 g/mol. The van der Waals surface area contributed by atoms with Gasteiger partial charge in [-0.05, 0) is 40.0 Å². The Balaban J connectivity index is 3.20. The predicted molar refractivity (Wildman–Crippen MR) is 68.4 cm³/mol. The van der Waals surface area contributed by atoms with Crippen LogP contribution in [0.3, 0.4) is 0 Å². The number of hydrogen-bond acceptors (Lipinski definition) is 3. The molecule has 0 radical (unpaired) electrons. The van der Waals surface area contributed by atoms with E-state index in [9.17, 15) is 0 Å². The minimum atomic E-state index is 0.814. The number of nitrogens with zero attached hydrogens (tertiary/aromatic N) is 2. The lowest BCUT2D eigenvalue weighted by atomic mass is 10.1. The van der Waals surface area contributed by atoms with Crippen LogP contribution in [-0.2, 0) is 0 Å². The van der Waals surface area contributed by atoms with Gasteiger partial charge in [0.25, 0.3) is 0 Å². The molecule has 0 aromatic carbocycles. The summed E-state index contributed by atoms with van der Waals surface area (Å²) in [6.45, 7) is 10.2. The molecule has 0 aliphatic carbocycles. The number of hydrogen-bond donors (Lipinski definition) is 1. The molecule has 3 nitrogen and oxygen atoms in total. The highest BCUT2D eigenvalue weighted by Crippen LogP contribution is 1.99. The fraction of sp³-hybridized carbons (Fsp3) is 1.00. The Morgan fingerprint density at radius 1 is 0.933 bits per heavy atom. The van der Waals surface area contributed by atoms with E-state index in [2.05, 4.69) is 50.1 Å². The minimum absolute atomic E-state index is 0.814. The highest BCUT2D eigenvalue weighted by atomic mass is 15.1. The lowest BCUT2D eigenvalue weighted by Gasteiger charge is -2.18. The van der Waals surface area contributed by atoms with Crippen molar-refractivity contribution >= 4 is 0 Å². The van der Waals surface area contributed by atoms with E-state index in [1.165, 1.54) is 13.0 Å². The SMILES string of the molecule is CC(C)CCN(C)CCNCCN(C)C. The van der Waals surface area contributed by atoms with Crippen molar-refractivity contribution in [3.05, 3.63) is 0 Å². The second kappa shape index (κ2) is 9.13. The smallest absolute Gasteiger partial charge is 0.0104 e. The highest BCUT2D eigenvalue weighted by molar-refractivity contribution is 4.57. The Labute approximate surface area is 95.8 Å². The zero-order valence-electron chi connectivity index (χ0n) is 11.2. The fourth-order valence-electron chi connectivity index (χ4n) is 1.29. The maximum atomic E-state index is 3.45. The van der Waals surface area contributed by atoms with Crippen LogP contribution >= 0.6 is 0 Å². The summed E-state index contributed by atoms with van der Waals surface area (Å²) in [5.74, 6) is 0.814. The zero-order chi connectivity index (χ0) is 11.7. The predicted octanol–water partition coefficient (Wildman–Crippen LogP) is 1.12. The van der Waals surface area contributed by atoms with Crippen LogP contribution in [0.25, 0.3) is 0 Å². The van der Waals surface area contributed by atoms with Gasteiger partial charge in [-0.25, -0.2) is 0 Å². The zero-order valence-corrected chi connectivity index (χ0v) is 11.2. The minimum Gasteiger partial charge on any atom is -0.314 e. The number of rotatable bonds is 9. The van der Waals surface area contributed by atoms with Gasteiger partial charge in [0.15, 0.2) is 0 Å². The van der Waals surface area contributed by atoms with Crippen molar-refractivity contribution in [3.8, 4) is 0 Å². The van der Waals surface area contributed by atoms with Gasteiger partial charge in [-0.2, -0.15) is 0 Å². The van der Waals surface area contributed by atoms with E-state index < -0.39 is 0 Å². The molecule has 0 spiro atoms. The van der Waals surface area contributed by atoms with Gasteiger partial charge in [-0.1, -0.05) is 13.8 Å². The van der Waals surface area contributed by atoms with Gasteiger partial charge >= 0.3 is 0 Å². The molecule has 0 atom stereocenters. The first-order valence-corrected chi connectivity index (χ1v) is 6.06. The third kappa shape index (κ3) is 11.8. The number of nitrogens with one attached hydrogen (secondary N) is 1. The molecular formula is C12H29N3. The maximum Gasteiger partial charge on any atom is 0.0104 e. The van der Waals surface area contributed by atoms with E-state index in [-0.39, 0.29) is 0 Å². The largest absolute Gasteiger partial charge is 0.314 e. The topological polar surface area (TPSA) is 18.5 Å². The van der Waals surface area contributed by atoms with Crippen molar-refractivity contribution in [2.75, 3.05) is 53.9 Å². The van der Waals surface area contributed by atoms with E-state index in [4.69, 9.17) is 0 Å². The van der Waals surface area contributed by atoms with Crippen molar-refractivity contribution in [1.29, 1.82) is 0 Å². The molecule has 0 heterocycles. The van der Waals surface area contributed by atoms with Gasteiger partial charge in [-0.15, -0.1) is 0 Å². The van der Waals surface area contributed by atoms with E-state index in [0.717, 1.165) is 32.1 Å². The van der Waals surface area contributed by atoms with Gasteiger partial charge in [0.2, 0.25) is 0 Å². The summed E-state index contributed by atoms with van der Waals surface area (Å²) in [6, 6.07) is 0. The van der Waals surface area contributed by atoms with Crippen molar-refractivity contribution in [2.45, 2.75) is 20.3 Å². The monoisotopic (exact) mass is 215 g/mol. The average Bonchev–Trinajstić information content (AvgIpc) is 2.13. The summed E-state index contributed by atoms with van der Waals surface area (Å²) >= 11 is 0. The quantitative estimate of drug-likeness (QED) is 0.581. The molecule has 0 unspecified atom stereocenters. The first kappa shape index (κ1) is 14.9. The summed E-state index contributed by atoms with van der Waals surface area (Å²) in [6.07, 6.45) is 1.30. The van der Waals surface area contributed by atoms with E-state index >= 15 is 0 Å². The van der Waals surface area contributed by atoms with Crippen LogP contribution in [0.4, 0.5) is 0 Å². The second-order valence-corrected chi connectivity index (χ2v) is 5.04. The first-order chi connectivity index (χ1) is 7.02. The third-order valence-electron chi connectivity index (χ3n) is 2.49. The first-order valence-electron chi connectivity index (χ1n) is 6.06. The summed E-state index contributed by atoms with van der Waals surface area (Å²) in [7, 11) is 6.42. The standard InChI is InChI=1S/C12H29N3/c1-12(2)6-9-15(5)11-8-13-7-10-14(3)4/h12-13H,6-11H2,1-5H3. The van der Waals surface area contributed by atoms with E-state index in [0.29, 0.717) is 0 Å².